The van der Waals surface area contributed by atoms with Gasteiger partial charge in [0.25, 0.3) is 0 Å². The molecular weight excluding hydrogens is 259 g/mol. The Labute approximate surface area is 88.9 Å². The smallest absolute Gasteiger partial charge is 0.00990 e. The molecule has 68 valence electrons. The van der Waals surface area contributed by atoms with Crippen LogP contribution in [0.3, 0.4) is 0 Å². The Balaban J connectivity index is 2.18. The van der Waals surface area contributed by atoms with Crippen molar-refractivity contribution in [1.82, 2.24) is 0 Å². The van der Waals surface area contributed by atoms with Crippen LogP contribution in [0.2, 0.25) is 0 Å². The fraction of sp³-hybridized carbons (Fsp3) is 0.818. The highest BCUT2D eigenvalue weighted by Crippen LogP contribution is 2.49. The molecule has 0 aliphatic heterocycles. The molecule has 2 unspecified atom stereocenters. The molecule has 2 atom stereocenters. The molecular formula is C11H17I. The van der Waals surface area contributed by atoms with Crippen molar-refractivity contribution in [2.45, 2.75) is 39.5 Å². The lowest BCUT2D eigenvalue weighted by molar-refractivity contribution is 0.196. The van der Waals surface area contributed by atoms with Crippen molar-refractivity contribution in [2.75, 3.05) is 0 Å². The van der Waals surface area contributed by atoms with E-state index in [-0.39, 0.29) is 0 Å². The molecule has 1 fully saturated rings. The normalized spacial score (nSPS) is 35.0. The second kappa shape index (κ2) is 3.32. The Kier molecular flexibility index (Phi) is 2.50. The lowest BCUT2D eigenvalue weighted by Crippen LogP contribution is -2.29. The van der Waals surface area contributed by atoms with Gasteiger partial charge in [0.2, 0.25) is 0 Å². The predicted octanol–water partition coefficient (Wildman–Crippen LogP) is 4.15. The second-order valence-corrected chi connectivity index (χ2v) is 5.93. The highest BCUT2D eigenvalue weighted by molar-refractivity contribution is 14.1. The number of hydrogen-bond acceptors (Lipinski definition) is 0. The molecule has 0 spiro atoms. The molecule has 0 radical (unpaired) electrons. The Morgan fingerprint density at radius 3 is 2.50 bits per heavy atom. The zero-order valence-electron chi connectivity index (χ0n) is 7.94. The molecule has 1 saturated carbocycles. The summed E-state index contributed by atoms with van der Waals surface area (Å²) in [7, 11) is 0. The average Bonchev–Trinajstić information content (AvgIpc) is 2.04. The molecule has 0 saturated heterocycles. The number of rotatable bonds is 1. The average molecular weight is 276 g/mol. The molecule has 0 heterocycles. The fourth-order valence-electron chi connectivity index (χ4n) is 2.78. The van der Waals surface area contributed by atoms with E-state index in [1.165, 1.54) is 25.7 Å². The van der Waals surface area contributed by atoms with Crippen LogP contribution in [0.15, 0.2) is 9.15 Å². The molecule has 0 amide bonds. The van der Waals surface area contributed by atoms with Crippen molar-refractivity contribution in [3.63, 3.8) is 0 Å². The summed E-state index contributed by atoms with van der Waals surface area (Å²) in [5.74, 6) is 2.93. The SMILES string of the molecule is CC(C)C1CC2=C(I)CC1CC2. The Morgan fingerprint density at radius 1 is 1.33 bits per heavy atom. The number of fused-ring (bicyclic) bond motifs is 3. The Bertz CT molecular complexity index is 215. The van der Waals surface area contributed by atoms with Crippen LogP contribution in [0.1, 0.15) is 39.5 Å². The van der Waals surface area contributed by atoms with Gasteiger partial charge in [-0.25, -0.2) is 0 Å². The number of allylic oxidation sites excluding steroid dienone is 2. The van der Waals surface area contributed by atoms with E-state index in [1.807, 2.05) is 0 Å². The zero-order valence-corrected chi connectivity index (χ0v) is 10.1. The summed E-state index contributed by atoms with van der Waals surface area (Å²) in [6, 6.07) is 0. The van der Waals surface area contributed by atoms with Gasteiger partial charge < -0.3 is 0 Å². The quantitative estimate of drug-likeness (QED) is 0.631. The molecule has 1 heteroatoms. The van der Waals surface area contributed by atoms with Crippen molar-refractivity contribution in [3.05, 3.63) is 9.15 Å². The van der Waals surface area contributed by atoms with Crippen LogP contribution in [0.25, 0.3) is 0 Å². The van der Waals surface area contributed by atoms with Gasteiger partial charge in [0, 0.05) is 0 Å². The lowest BCUT2D eigenvalue weighted by atomic mass is 9.66. The fourth-order valence-corrected chi connectivity index (χ4v) is 3.84. The zero-order chi connectivity index (χ0) is 8.72. The van der Waals surface area contributed by atoms with Gasteiger partial charge in [0.05, 0.1) is 0 Å². The maximum Gasteiger partial charge on any atom is -0.00990 e. The molecule has 12 heavy (non-hydrogen) atoms. The van der Waals surface area contributed by atoms with Gasteiger partial charge in [-0.15, -0.1) is 0 Å². The lowest BCUT2D eigenvalue weighted by Gasteiger charge is -2.41. The largest absolute Gasteiger partial charge is 0.0625 e. The Morgan fingerprint density at radius 2 is 2.08 bits per heavy atom. The monoisotopic (exact) mass is 276 g/mol. The predicted molar refractivity (Wildman–Crippen MR) is 61.3 cm³/mol. The summed E-state index contributed by atoms with van der Waals surface area (Å²) in [6.45, 7) is 4.78. The molecule has 3 aliphatic rings. The minimum Gasteiger partial charge on any atom is -0.0625 e. The summed E-state index contributed by atoms with van der Waals surface area (Å²) < 4.78 is 1.70. The van der Waals surface area contributed by atoms with Crippen LogP contribution in [0.5, 0.6) is 0 Å². The first-order valence-electron chi connectivity index (χ1n) is 5.05. The third-order valence-electron chi connectivity index (χ3n) is 3.59. The van der Waals surface area contributed by atoms with Gasteiger partial charge in [-0.2, -0.15) is 0 Å². The van der Waals surface area contributed by atoms with E-state index in [1.54, 1.807) is 9.15 Å². The third-order valence-corrected chi connectivity index (χ3v) is 4.79. The van der Waals surface area contributed by atoms with Crippen molar-refractivity contribution < 1.29 is 0 Å². The van der Waals surface area contributed by atoms with Gasteiger partial charge in [0.1, 0.15) is 0 Å². The van der Waals surface area contributed by atoms with E-state index >= 15 is 0 Å². The van der Waals surface area contributed by atoms with E-state index in [0.29, 0.717) is 0 Å². The molecule has 3 aliphatic carbocycles. The summed E-state index contributed by atoms with van der Waals surface area (Å²) in [5.41, 5.74) is 1.79. The van der Waals surface area contributed by atoms with Gasteiger partial charge in [-0.3, -0.25) is 0 Å². The molecule has 3 rings (SSSR count). The van der Waals surface area contributed by atoms with Crippen molar-refractivity contribution in [2.24, 2.45) is 17.8 Å². The topological polar surface area (TPSA) is 0 Å². The van der Waals surface area contributed by atoms with Crippen molar-refractivity contribution >= 4 is 22.6 Å². The van der Waals surface area contributed by atoms with E-state index in [0.717, 1.165) is 17.8 Å². The van der Waals surface area contributed by atoms with Crippen molar-refractivity contribution in [3.8, 4) is 0 Å². The van der Waals surface area contributed by atoms with E-state index in [9.17, 15) is 0 Å². The van der Waals surface area contributed by atoms with Gasteiger partial charge >= 0.3 is 0 Å². The Hall–Kier alpha value is 0.470. The molecule has 0 aromatic carbocycles. The van der Waals surface area contributed by atoms with Crippen LogP contribution in [0, 0.1) is 17.8 Å². The summed E-state index contributed by atoms with van der Waals surface area (Å²) in [5, 5.41) is 0. The molecule has 0 nitrogen and oxygen atoms in total. The highest BCUT2D eigenvalue weighted by atomic mass is 127. The maximum absolute atomic E-state index is 2.56. The summed E-state index contributed by atoms with van der Waals surface area (Å²) in [4.78, 5) is 0. The van der Waals surface area contributed by atoms with Crippen LogP contribution < -0.4 is 0 Å². The van der Waals surface area contributed by atoms with Crippen LogP contribution in [-0.2, 0) is 0 Å². The highest BCUT2D eigenvalue weighted by Gasteiger charge is 2.35. The standard InChI is InChI=1S/C11H17I/c1-7(2)10-5-9-4-3-8(10)6-11(9)12/h7-8,10H,3-6H2,1-2H3. The van der Waals surface area contributed by atoms with Crippen LogP contribution in [0.4, 0.5) is 0 Å². The van der Waals surface area contributed by atoms with Crippen molar-refractivity contribution in [1.29, 1.82) is 0 Å². The molecule has 2 bridgehead atoms. The second-order valence-electron chi connectivity index (χ2n) is 4.62. The van der Waals surface area contributed by atoms with Gasteiger partial charge in [-0.05, 0) is 69.6 Å². The molecule has 0 N–H and O–H groups in total. The summed E-state index contributed by atoms with van der Waals surface area (Å²) in [6.07, 6.45) is 5.70. The molecule has 0 aromatic rings. The number of hydrogen-bond donors (Lipinski definition) is 0. The van der Waals surface area contributed by atoms with Crippen LogP contribution >= 0.6 is 22.6 Å². The maximum atomic E-state index is 2.56. The first-order valence-corrected chi connectivity index (χ1v) is 6.12. The first-order chi connectivity index (χ1) is 5.68. The van der Waals surface area contributed by atoms with Crippen LogP contribution in [-0.4, -0.2) is 0 Å². The van der Waals surface area contributed by atoms with E-state index in [4.69, 9.17) is 0 Å². The minimum absolute atomic E-state index is 0.898. The van der Waals surface area contributed by atoms with Gasteiger partial charge in [-0.1, -0.05) is 19.4 Å². The minimum atomic E-state index is 0.898. The van der Waals surface area contributed by atoms with Gasteiger partial charge in [0.15, 0.2) is 0 Å². The molecule has 0 aromatic heterocycles. The third kappa shape index (κ3) is 1.45. The summed E-state index contributed by atoms with van der Waals surface area (Å²) >= 11 is 2.56. The van der Waals surface area contributed by atoms with E-state index < -0.39 is 0 Å². The van der Waals surface area contributed by atoms with E-state index in [2.05, 4.69) is 36.4 Å². The first kappa shape index (κ1) is 9.04. The number of halogens is 1.